The smallest absolute Gasteiger partial charge is 0.305 e. The Labute approximate surface area is 344 Å². The molecule has 57 heavy (non-hydrogen) atoms. The summed E-state index contributed by atoms with van der Waals surface area (Å²) < 4.78 is 16.9. The molecule has 1 fully saturated rings. The second-order valence-corrected chi connectivity index (χ2v) is 16.4. The van der Waals surface area contributed by atoms with Crippen LogP contribution in [0, 0.1) is 5.41 Å². The van der Waals surface area contributed by atoms with Gasteiger partial charge in [-0.05, 0) is 91.2 Å². The van der Waals surface area contributed by atoms with E-state index in [9.17, 15) is 20.1 Å². The first-order valence-corrected chi connectivity index (χ1v) is 20.2. The number of aliphatic hydroxyl groups is 3. The first-order valence-electron chi connectivity index (χ1n) is 20.2. The molecule has 0 spiro atoms. The van der Waals surface area contributed by atoms with Crippen molar-refractivity contribution in [1.29, 1.82) is 0 Å². The number of esters is 1. The molecule has 2 rings (SSSR count). The Bertz CT molecular complexity index is 1730. The van der Waals surface area contributed by atoms with Crippen molar-refractivity contribution in [3.05, 3.63) is 154 Å². The van der Waals surface area contributed by atoms with Crippen molar-refractivity contribution in [2.75, 3.05) is 6.61 Å². The van der Waals surface area contributed by atoms with Crippen molar-refractivity contribution in [2.45, 2.75) is 138 Å². The van der Waals surface area contributed by atoms with E-state index in [1.807, 2.05) is 64.2 Å². The van der Waals surface area contributed by atoms with Crippen molar-refractivity contribution in [3.8, 4) is 0 Å². The minimum Gasteiger partial charge on any atom is -0.463 e. The average molecular weight is 783 g/mol. The molecule has 0 bridgehead atoms. The van der Waals surface area contributed by atoms with Crippen molar-refractivity contribution < 1.29 is 34.3 Å². The van der Waals surface area contributed by atoms with Crippen molar-refractivity contribution in [1.82, 2.24) is 0 Å². The Hall–Kier alpha value is -4.11. The van der Waals surface area contributed by atoms with E-state index >= 15 is 0 Å². The highest BCUT2D eigenvalue weighted by molar-refractivity contribution is 5.69. The zero-order valence-corrected chi connectivity index (χ0v) is 36.4. The lowest BCUT2D eigenvalue weighted by molar-refractivity contribution is -0.323. The molecule has 1 heterocycles. The van der Waals surface area contributed by atoms with Gasteiger partial charge in [-0.1, -0.05) is 164 Å². The van der Waals surface area contributed by atoms with Crippen LogP contribution in [0.5, 0.6) is 0 Å². The second-order valence-electron chi connectivity index (χ2n) is 16.4. The van der Waals surface area contributed by atoms with Gasteiger partial charge in [0.05, 0.1) is 5.60 Å². The number of ether oxygens (including phenoxy) is 3. The monoisotopic (exact) mass is 783 g/mol. The van der Waals surface area contributed by atoms with Crippen molar-refractivity contribution in [2.24, 2.45) is 5.41 Å². The van der Waals surface area contributed by atoms with Gasteiger partial charge in [-0.2, -0.15) is 0 Å². The molecule has 1 aliphatic carbocycles. The van der Waals surface area contributed by atoms with Crippen LogP contribution in [0.4, 0.5) is 0 Å². The van der Waals surface area contributed by atoms with Crippen molar-refractivity contribution in [3.63, 3.8) is 0 Å². The van der Waals surface area contributed by atoms with Gasteiger partial charge in [-0.15, -0.1) is 0 Å². The molecule has 5 atom stereocenters. The molecular formula is C50H70O7. The van der Waals surface area contributed by atoms with Gasteiger partial charge >= 0.3 is 5.97 Å². The minimum atomic E-state index is -1.50. The Morgan fingerprint density at radius 2 is 1.30 bits per heavy atom. The zero-order chi connectivity index (χ0) is 42.6. The molecule has 312 valence electrons. The van der Waals surface area contributed by atoms with Gasteiger partial charge in [0.2, 0.25) is 0 Å². The molecule has 0 radical (unpaired) electrons. The summed E-state index contributed by atoms with van der Waals surface area (Å²) in [5.41, 5.74) is 7.85. The summed E-state index contributed by atoms with van der Waals surface area (Å²) in [6.07, 6.45) is 35.7. The van der Waals surface area contributed by atoms with E-state index in [4.69, 9.17) is 14.2 Å². The molecule has 7 nitrogen and oxygen atoms in total. The van der Waals surface area contributed by atoms with Crippen LogP contribution in [0.3, 0.4) is 0 Å². The van der Waals surface area contributed by atoms with Gasteiger partial charge in [0, 0.05) is 6.42 Å². The SMILES string of the molecule is CCCC(=O)OC[C@H]1O[C@@H](OC(C)(C)C/C=C/C(C)=C/C=C/C(C)=C/C=C/C(C)=C/C=C/C=C(C)/C=C/C=C(C)/C=C/C2=C(C)C=CCC2(C)C)[C@H](O)[C@@H](O)[C@@H]1O. The highest BCUT2D eigenvalue weighted by atomic mass is 16.7. The topological polar surface area (TPSA) is 105 Å². The number of carbonyl (C=O) groups excluding carboxylic acids is 1. The maximum atomic E-state index is 11.8. The molecule has 2 aliphatic rings. The van der Waals surface area contributed by atoms with Gasteiger partial charge in [-0.25, -0.2) is 0 Å². The fourth-order valence-electron chi connectivity index (χ4n) is 6.08. The molecule has 7 heteroatoms. The van der Waals surface area contributed by atoms with Gasteiger partial charge in [0.25, 0.3) is 0 Å². The van der Waals surface area contributed by atoms with E-state index in [-0.39, 0.29) is 18.4 Å². The first-order chi connectivity index (χ1) is 26.8. The van der Waals surface area contributed by atoms with E-state index < -0.39 is 42.3 Å². The van der Waals surface area contributed by atoms with Crippen LogP contribution < -0.4 is 0 Å². The Morgan fingerprint density at radius 1 is 0.789 bits per heavy atom. The van der Waals surface area contributed by atoms with E-state index in [0.29, 0.717) is 12.8 Å². The lowest BCUT2D eigenvalue weighted by Crippen LogP contribution is -2.60. The van der Waals surface area contributed by atoms with Crippen LogP contribution in [0.25, 0.3) is 0 Å². The van der Waals surface area contributed by atoms with E-state index in [2.05, 4.69) is 127 Å². The van der Waals surface area contributed by atoms with Crippen molar-refractivity contribution >= 4 is 5.97 Å². The van der Waals surface area contributed by atoms with Crippen LogP contribution in [0.1, 0.15) is 102 Å². The van der Waals surface area contributed by atoms with Crippen LogP contribution in [-0.2, 0) is 19.0 Å². The van der Waals surface area contributed by atoms with Gasteiger partial charge in [0.1, 0.15) is 31.0 Å². The first kappa shape index (κ1) is 49.0. The minimum absolute atomic E-state index is 0.173. The van der Waals surface area contributed by atoms with Crippen LogP contribution in [0.15, 0.2) is 154 Å². The Kier molecular flexibility index (Phi) is 21.2. The maximum Gasteiger partial charge on any atom is 0.305 e. The standard InChI is InChI=1S/C50H70O7/c1-12-20-44(51)55-35-43-45(52)46(53)47(54)48(56-43)57-50(10,11)34-18-29-39(5)27-16-26-38(4)25-15-23-36(2)21-13-14-22-37(3)24-17-28-40(6)31-32-42-41(7)30-19-33-49(42,8)9/h13-19,21-32,43,45-48,52-54H,12,20,33-35H2,1-11H3/b14-13+,23-15+,24-17+,26-16+,29-18+,32-31+,36-21+,37-22+,38-25+,39-27+,40-28+/t43-,45-,46+,47-,48+/m1/s1. The Balaban J connectivity index is 1.84. The third-order valence-corrected chi connectivity index (χ3v) is 9.60. The number of hydrogen-bond acceptors (Lipinski definition) is 7. The third kappa shape index (κ3) is 18.8. The van der Waals surface area contributed by atoms with E-state index in [1.165, 1.54) is 22.3 Å². The largest absolute Gasteiger partial charge is 0.463 e. The van der Waals surface area contributed by atoms with Crippen LogP contribution >= 0.6 is 0 Å². The molecule has 0 aromatic heterocycles. The van der Waals surface area contributed by atoms with Gasteiger partial charge < -0.3 is 29.5 Å². The molecule has 0 amide bonds. The van der Waals surface area contributed by atoms with Gasteiger partial charge in [0.15, 0.2) is 6.29 Å². The maximum absolute atomic E-state index is 11.8. The number of hydrogen-bond donors (Lipinski definition) is 3. The molecular weight excluding hydrogens is 713 g/mol. The number of carbonyl (C=O) groups is 1. The quantitative estimate of drug-likeness (QED) is 0.0885. The zero-order valence-electron chi connectivity index (χ0n) is 36.4. The molecule has 1 saturated heterocycles. The Morgan fingerprint density at radius 3 is 1.82 bits per heavy atom. The molecule has 3 N–H and O–H groups in total. The summed E-state index contributed by atoms with van der Waals surface area (Å²) in [5, 5.41) is 31.2. The average Bonchev–Trinajstić information content (AvgIpc) is 3.12. The van der Waals surface area contributed by atoms with E-state index in [0.717, 1.165) is 23.1 Å². The summed E-state index contributed by atoms with van der Waals surface area (Å²) in [4.78, 5) is 11.8. The molecule has 0 aromatic carbocycles. The summed E-state index contributed by atoms with van der Waals surface area (Å²) in [5.74, 6) is -0.419. The second kappa shape index (κ2) is 24.6. The predicted octanol–water partition coefficient (Wildman–Crippen LogP) is 10.7. The van der Waals surface area contributed by atoms with E-state index in [1.54, 1.807) is 0 Å². The molecule has 0 saturated carbocycles. The molecule has 1 aliphatic heterocycles. The predicted molar refractivity (Wildman–Crippen MR) is 236 cm³/mol. The number of rotatable bonds is 19. The molecule has 0 aromatic rings. The fourth-order valence-corrected chi connectivity index (χ4v) is 6.08. The van der Waals surface area contributed by atoms with Crippen LogP contribution in [-0.4, -0.2) is 64.2 Å². The summed E-state index contributed by atoms with van der Waals surface area (Å²) in [7, 11) is 0. The highest BCUT2D eigenvalue weighted by Crippen LogP contribution is 2.37. The number of allylic oxidation sites excluding steroid dienone is 25. The fraction of sp³-hybridized carbons (Fsp3) is 0.460. The summed E-state index contributed by atoms with van der Waals surface area (Å²) in [6, 6.07) is 0. The highest BCUT2D eigenvalue weighted by Gasteiger charge is 2.46. The number of aliphatic hydroxyl groups excluding tert-OH is 3. The lowest BCUT2D eigenvalue weighted by Gasteiger charge is -2.42. The van der Waals surface area contributed by atoms with Gasteiger partial charge in [-0.3, -0.25) is 4.79 Å². The normalized spacial score (nSPS) is 24.9. The van der Waals surface area contributed by atoms with Crippen LogP contribution in [0.2, 0.25) is 0 Å². The third-order valence-electron chi connectivity index (χ3n) is 9.60. The lowest BCUT2D eigenvalue weighted by atomic mass is 9.75. The summed E-state index contributed by atoms with van der Waals surface area (Å²) in [6.45, 7) is 22.5. The molecule has 0 unspecified atom stereocenters. The summed E-state index contributed by atoms with van der Waals surface area (Å²) >= 11 is 0.